The van der Waals surface area contributed by atoms with Gasteiger partial charge in [-0.1, -0.05) is 11.6 Å². The van der Waals surface area contributed by atoms with Gasteiger partial charge in [0.2, 0.25) is 0 Å². The van der Waals surface area contributed by atoms with Crippen molar-refractivity contribution in [2.45, 2.75) is 6.92 Å². The molecule has 0 fully saturated rings. The van der Waals surface area contributed by atoms with Gasteiger partial charge in [-0.05, 0) is 30.7 Å². The molecule has 0 spiro atoms. The van der Waals surface area contributed by atoms with E-state index in [1.165, 1.54) is 0 Å². The summed E-state index contributed by atoms with van der Waals surface area (Å²) in [6.45, 7) is 2.01. The van der Waals surface area contributed by atoms with E-state index in [1.54, 1.807) is 6.33 Å². The van der Waals surface area contributed by atoms with Crippen molar-refractivity contribution >= 4 is 11.6 Å². The molecular weight excluding hydrogens is 198 g/mol. The second kappa shape index (κ2) is 3.42. The fourth-order valence-corrected chi connectivity index (χ4v) is 1.70. The van der Waals surface area contributed by atoms with Gasteiger partial charge in [0.15, 0.2) is 5.82 Å². The van der Waals surface area contributed by atoms with Crippen molar-refractivity contribution in [2.24, 2.45) is 7.05 Å². The van der Waals surface area contributed by atoms with Crippen LogP contribution in [0, 0.1) is 6.92 Å². The Bertz CT molecular complexity index is 442. The van der Waals surface area contributed by atoms with E-state index in [2.05, 4.69) is 10.2 Å². The maximum Gasteiger partial charge on any atom is 0.163 e. The van der Waals surface area contributed by atoms with E-state index in [0.29, 0.717) is 0 Å². The molecule has 2 aromatic rings. The van der Waals surface area contributed by atoms with Crippen LogP contribution in [0.25, 0.3) is 11.4 Å². The maximum absolute atomic E-state index is 5.96. The van der Waals surface area contributed by atoms with E-state index in [1.807, 2.05) is 36.7 Å². The zero-order valence-electron chi connectivity index (χ0n) is 8.03. The fourth-order valence-electron chi connectivity index (χ4n) is 1.41. The van der Waals surface area contributed by atoms with Crippen LogP contribution in [0.1, 0.15) is 5.56 Å². The quantitative estimate of drug-likeness (QED) is 0.719. The van der Waals surface area contributed by atoms with Gasteiger partial charge in [0.25, 0.3) is 0 Å². The Hall–Kier alpha value is -1.35. The average molecular weight is 208 g/mol. The van der Waals surface area contributed by atoms with Gasteiger partial charge >= 0.3 is 0 Å². The van der Waals surface area contributed by atoms with Gasteiger partial charge in [-0.25, -0.2) is 0 Å². The molecule has 0 saturated heterocycles. The van der Waals surface area contributed by atoms with E-state index in [-0.39, 0.29) is 0 Å². The van der Waals surface area contributed by atoms with Crippen molar-refractivity contribution in [2.75, 3.05) is 0 Å². The summed E-state index contributed by atoms with van der Waals surface area (Å²) < 4.78 is 1.87. The van der Waals surface area contributed by atoms with Crippen LogP contribution in [0.5, 0.6) is 0 Å². The molecule has 0 aliphatic rings. The standard InChI is InChI=1S/C10H10ClN3/c1-7-3-8(5-9(11)4-7)10-13-12-6-14(10)2/h3-6H,1-2H3. The monoisotopic (exact) mass is 207 g/mol. The lowest BCUT2D eigenvalue weighted by Crippen LogP contribution is -1.91. The molecule has 0 aliphatic heterocycles. The summed E-state index contributed by atoms with van der Waals surface area (Å²) >= 11 is 5.96. The number of aromatic nitrogens is 3. The van der Waals surface area contributed by atoms with Gasteiger partial charge in [0.05, 0.1) is 0 Å². The van der Waals surface area contributed by atoms with E-state index >= 15 is 0 Å². The van der Waals surface area contributed by atoms with Crippen LogP contribution in [0.4, 0.5) is 0 Å². The third kappa shape index (κ3) is 1.63. The SMILES string of the molecule is Cc1cc(Cl)cc(-c2nncn2C)c1. The Morgan fingerprint density at radius 1 is 1.29 bits per heavy atom. The first-order chi connectivity index (χ1) is 6.66. The van der Waals surface area contributed by atoms with E-state index in [0.717, 1.165) is 22.0 Å². The highest BCUT2D eigenvalue weighted by Gasteiger charge is 2.05. The average Bonchev–Trinajstić information content (AvgIpc) is 2.49. The first-order valence-electron chi connectivity index (χ1n) is 4.28. The zero-order chi connectivity index (χ0) is 10.1. The van der Waals surface area contributed by atoms with Gasteiger partial charge in [0, 0.05) is 17.6 Å². The number of hydrogen-bond acceptors (Lipinski definition) is 2. The molecule has 0 atom stereocenters. The third-order valence-corrected chi connectivity index (χ3v) is 2.23. The smallest absolute Gasteiger partial charge is 0.163 e. The summed E-state index contributed by atoms with van der Waals surface area (Å²) in [5, 5.41) is 8.57. The summed E-state index contributed by atoms with van der Waals surface area (Å²) in [5.74, 6) is 0.829. The number of halogens is 1. The normalized spacial score (nSPS) is 10.5. The Morgan fingerprint density at radius 3 is 2.64 bits per heavy atom. The molecule has 14 heavy (non-hydrogen) atoms. The van der Waals surface area contributed by atoms with Crippen LogP contribution in [-0.4, -0.2) is 14.8 Å². The number of nitrogens with zero attached hydrogens (tertiary/aromatic N) is 3. The molecule has 1 heterocycles. The molecule has 0 aliphatic carbocycles. The lowest BCUT2D eigenvalue weighted by atomic mass is 10.1. The molecule has 4 heteroatoms. The van der Waals surface area contributed by atoms with Crippen molar-refractivity contribution in [1.29, 1.82) is 0 Å². The third-order valence-electron chi connectivity index (χ3n) is 2.01. The second-order valence-electron chi connectivity index (χ2n) is 3.28. The van der Waals surface area contributed by atoms with Crippen LogP contribution in [0.3, 0.4) is 0 Å². The second-order valence-corrected chi connectivity index (χ2v) is 3.72. The number of benzene rings is 1. The molecule has 1 aromatic heterocycles. The number of hydrogen-bond donors (Lipinski definition) is 0. The lowest BCUT2D eigenvalue weighted by Gasteiger charge is -2.02. The van der Waals surface area contributed by atoms with Gasteiger partial charge in [-0.2, -0.15) is 0 Å². The van der Waals surface area contributed by atoms with Crippen LogP contribution in [0.15, 0.2) is 24.5 Å². The van der Waals surface area contributed by atoms with Gasteiger partial charge in [-0.3, -0.25) is 0 Å². The molecule has 2 rings (SSSR count). The molecule has 1 aromatic carbocycles. The van der Waals surface area contributed by atoms with Crippen molar-refractivity contribution in [1.82, 2.24) is 14.8 Å². The highest BCUT2D eigenvalue weighted by Crippen LogP contribution is 2.22. The van der Waals surface area contributed by atoms with E-state index < -0.39 is 0 Å². The van der Waals surface area contributed by atoms with Crippen molar-refractivity contribution in [3.63, 3.8) is 0 Å². The molecule has 0 amide bonds. The first kappa shape index (κ1) is 9.21. The molecule has 0 N–H and O–H groups in total. The van der Waals surface area contributed by atoms with E-state index in [4.69, 9.17) is 11.6 Å². The Morgan fingerprint density at radius 2 is 2.07 bits per heavy atom. The minimum atomic E-state index is 0.725. The minimum Gasteiger partial charge on any atom is -0.317 e. The Labute approximate surface area is 87.3 Å². The highest BCUT2D eigenvalue weighted by atomic mass is 35.5. The first-order valence-corrected chi connectivity index (χ1v) is 4.66. The predicted octanol–water partition coefficient (Wildman–Crippen LogP) is 2.44. The molecule has 0 saturated carbocycles. The van der Waals surface area contributed by atoms with Crippen molar-refractivity contribution in [3.05, 3.63) is 35.1 Å². The fraction of sp³-hybridized carbons (Fsp3) is 0.200. The predicted molar refractivity (Wildman–Crippen MR) is 56.2 cm³/mol. The number of rotatable bonds is 1. The molecule has 0 radical (unpaired) electrons. The maximum atomic E-state index is 5.96. The summed E-state index contributed by atoms with van der Waals surface area (Å²) in [5.41, 5.74) is 2.12. The highest BCUT2D eigenvalue weighted by molar-refractivity contribution is 6.30. The van der Waals surface area contributed by atoms with Crippen LogP contribution < -0.4 is 0 Å². The van der Waals surface area contributed by atoms with Crippen molar-refractivity contribution in [3.8, 4) is 11.4 Å². The van der Waals surface area contributed by atoms with Gasteiger partial charge < -0.3 is 4.57 Å². The van der Waals surface area contributed by atoms with Crippen molar-refractivity contribution < 1.29 is 0 Å². The molecule has 0 unspecified atom stereocenters. The summed E-state index contributed by atoms with van der Waals surface area (Å²) in [6.07, 6.45) is 1.67. The van der Waals surface area contributed by atoms with E-state index in [9.17, 15) is 0 Å². The topological polar surface area (TPSA) is 30.7 Å². The summed E-state index contributed by atoms with van der Waals surface area (Å²) in [6, 6.07) is 5.84. The summed E-state index contributed by atoms with van der Waals surface area (Å²) in [7, 11) is 1.91. The molecule has 72 valence electrons. The van der Waals surface area contributed by atoms with Gasteiger partial charge in [-0.15, -0.1) is 10.2 Å². The lowest BCUT2D eigenvalue weighted by molar-refractivity contribution is 0.919. The minimum absolute atomic E-state index is 0.725. The Balaban J connectivity index is 2.57. The van der Waals surface area contributed by atoms with Gasteiger partial charge in [0.1, 0.15) is 6.33 Å². The molecule has 3 nitrogen and oxygen atoms in total. The zero-order valence-corrected chi connectivity index (χ0v) is 8.78. The summed E-state index contributed by atoms with van der Waals surface area (Å²) in [4.78, 5) is 0. The molecule has 0 bridgehead atoms. The Kier molecular flexibility index (Phi) is 2.25. The largest absolute Gasteiger partial charge is 0.317 e. The van der Waals surface area contributed by atoms with Crippen LogP contribution in [0.2, 0.25) is 5.02 Å². The number of aryl methyl sites for hydroxylation is 2. The molecular formula is C10H10ClN3. The van der Waals surface area contributed by atoms with Crippen LogP contribution in [-0.2, 0) is 7.05 Å². The van der Waals surface area contributed by atoms with Crippen LogP contribution >= 0.6 is 11.6 Å².